The van der Waals surface area contributed by atoms with Crippen LogP contribution in [0.4, 0.5) is 5.69 Å². The Kier molecular flexibility index (Phi) is 3.22. The van der Waals surface area contributed by atoms with Crippen LogP contribution in [0, 0.1) is 6.92 Å². The first kappa shape index (κ1) is 13.4. The zero-order chi connectivity index (χ0) is 15.0. The highest BCUT2D eigenvalue weighted by molar-refractivity contribution is 6.11. The summed E-state index contributed by atoms with van der Waals surface area (Å²) in [5.74, 6) is -1.24. The molecule has 0 spiro atoms. The van der Waals surface area contributed by atoms with E-state index >= 15 is 0 Å². The van der Waals surface area contributed by atoms with E-state index in [9.17, 15) is 14.7 Å². The number of benzene rings is 2. The molecule has 1 heterocycles. The molecule has 21 heavy (non-hydrogen) atoms. The molecule has 106 valence electrons. The molecule has 2 aromatic rings. The van der Waals surface area contributed by atoms with Gasteiger partial charge in [0.2, 0.25) is 0 Å². The summed E-state index contributed by atoms with van der Waals surface area (Å²) >= 11 is 0. The lowest BCUT2D eigenvalue weighted by Gasteiger charge is -2.23. The number of hydrogen-bond donors (Lipinski definition) is 1. The molecule has 4 nitrogen and oxygen atoms in total. The van der Waals surface area contributed by atoms with E-state index in [1.807, 2.05) is 37.3 Å². The highest BCUT2D eigenvalue weighted by atomic mass is 16.4. The van der Waals surface area contributed by atoms with E-state index in [-0.39, 0.29) is 5.91 Å². The minimum Gasteiger partial charge on any atom is -0.480 e. The molecular formula is C17H15NO3. The van der Waals surface area contributed by atoms with Crippen molar-refractivity contribution in [2.75, 3.05) is 4.90 Å². The van der Waals surface area contributed by atoms with Crippen molar-refractivity contribution in [1.29, 1.82) is 0 Å². The van der Waals surface area contributed by atoms with E-state index in [1.54, 1.807) is 18.2 Å². The number of aliphatic carboxylic acids is 1. The third kappa shape index (κ3) is 2.18. The van der Waals surface area contributed by atoms with Crippen LogP contribution in [0.1, 0.15) is 21.5 Å². The van der Waals surface area contributed by atoms with Crippen LogP contribution < -0.4 is 4.90 Å². The zero-order valence-electron chi connectivity index (χ0n) is 11.6. The van der Waals surface area contributed by atoms with Gasteiger partial charge in [0.15, 0.2) is 0 Å². The summed E-state index contributed by atoms with van der Waals surface area (Å²) in [7, 11) is 0. The van der Waals surface area contributed by atoms with Crippen LogP contribution in [-0.4, -0.2) is 23.0 Å². The Morgan fingerprint density at radius 1 is 1.10 bits per heavy atom. The predicted molar refractivity (Wildman–Crippen MR) is 79.6 cm³/mol. The number of anilines is 1. The van der Waals surface area contributed by atoms with Crippen molar-refractivity contribution in [2.45, 2.75) is 19.4 Å². The fourth-order valence-corrected chi connectivity index (χ4v) is 2.78. The van der Waals surface area contributed by atoms with Crippen LogP contribution in [0.3, 0.4) is 0 Å². The van der Waals surface area contributed by atoms with E-state index in [0.717, 1.165) is 11.1 Å². The Morgan fingerprint density at radius 2 is 1.76 bits per heavy atom. The molecule has 1 amide bonds. The summed E-state index contributed by atoms with van der Waals surface area (Å²) in [6.45, 7) is 1.85. The van der Waals surface area contributed by atoms with Gasteiger partial charge in [-0.05, 0) is 30.2 Å². The van der Waals surface area contributed by atoms with Crippen LogP contribution >= 0.6 is 0 Å². The van der Waals surface area contributed by atoms with Gasteiger partial charge in [-0.25, -0.2) is 4.79 Å². The van der Waals surface area contributed by atoms with Crippen LogP contribution in [0.25, 0.3) is 0 Å². The van der Waals surface area contributed by atoms with Crippen LogP contribution in [-0.2, 0) is 11.2 Å². The molecule has 1 atom stereocenters. The van der Waals surface area contributed by atoms with Crippen molar-refractivity contribution >= 4 is 17.6 Å². The molecule has 4 heteroatoms. The molecule has 0 aliphatic carbocycles. The second-order valence-electron chi connectivity index (χ2n) is 5.18. The quantitative estimate of drug-likeness (QED) is 0.920. The number of aryl methyl sites for hydroxylation is 1. The molecule has 1 N–H and O–H groups in total. The van der Waals surface area contributed by atoms with E-state index in [0.29, 0.717) is 17.7 Å². The Bertz CT molecular complexity index is 723. The third-order valence-electron chi connectivity index (χ3n) is 3.86. The van der Waals surface area contributed by atoms with E-state index in [2.05, 4.69) is 0 Å². The molecule has 1 aliphatic rings. The summed E-state index contributed by atoms with van der Waals surface area (Å²) in [5.41, 5.74) is 2.97. The molecule has 0 fully saturated rings. The van der Waals surface area contributed by atoms with E-state index < -0.39 is 12.0 Å². The van der Waals surface area contributed by atoms with Gasteiger partial charge in [-0.1, -0.05) is 36.4 Å². The Morgan fingerprint density at radius 3 is 2.48 bits per heavy atom. The summed E-state index contributed by atoms with van der Waals surface area (Å²) in [5, 5.41) is 9.43. The van der Waals surface area contributed by atoms with Crippen molar-refractivity contribution in [3.05, 3.63) is 65.2 Å². The van der Waals surface area contributed by atoms with Crippen molar-refractivity contribution in [3.63, 3.8) is 0 Å². The van der Waals surface area contributed by atoms with Gasteiger partial charge in [-0.2, -0.15) is 0 Å². The minimum absolute atomic E-state index is 0.259. The second-order valence-corrected chi connectivity index (χ2v) is 5.18. The molecule has 1 unspecified atom stereocenters. The predicted octanol–water partition coefficient (Wildman–Crippen LogP) is 2.65. The van der Waals surface area contributed by atoms with Crippen LogP contribution in [0.2, 0.25) is 0 Å². The molecule has 1 aliphatic heterocycles. The topological polar surface area (TPSA) is 57.6 Å². The van der Waals surface area contributed by atoms with Crippen molar-refractivity contribution in [2.24, 2.45) is 0 Å². The van der Waals surface area contributed by atoms with Gasteiger partial charge < -0.3 is 5.11 Å². The first-order chi connectivity index (χ1) is 10.1. The number of carbonyl (C=O) groups is 2. The maximum Gasteiger partial charge on any atom is 0.327 e. The lowest BCUT2D eigenvalue weighted by Crippen LogP contribution is -2.43. The van der Waals surface area contributed by atoms with Gasteiger partial charge >= 0.3 is 5.97 Å². The van der Waals surface area contributed by atoms with E-state index in [4.69, 9.17) is 0 Å². The number of carboxylic acid groups (broad SMARTS) is 1. The smallest absolute Gasteiger partial charge is 0.327 e. The maximum absolute atomic E-state index is 12.8. The van der Waals surface area contributed by atoms with E-state index in [1.165, 1.54) is 4.90 Å². The van der Waals surface area contributed by atoms with Gasteiger partial charge in [0.25, 0.3) is 5.91 Å². The Hall–Kier alpha value is -2.62. The first-order valence-electron chi connectivity index (χ1n) is 6.79. The number of fused-ring (bicyclic) bond motifs is 1. The van der Waals surface area contributed by atoms with Gasteiger partial charge in [0.1, 0.15) is 6.04 Å². The van der Waals surface area contributed by atoms with Crippen molar-refractivity contribution < 1.29 is 14.7 Å². The normalized spacial score (nSPS) is 16.6. The standard InChI is InChI=1S/C17H15NO3/c1-11-6-2-4-8-13(11)16(19)18-14-9-5-3-7-12(14)10-15(18)17(20)21/h2-9,15H,10H2,1H3,(H,20,21). The monoisotopic (exact) mass is 281 g/mol. The number of rotatable bonds is 2. The molecule has 0 bridgehead atoms. The molecule has 2 aromatic carbocycles. The third-order valence-corrected chi connectivity index (χ3v) is 3.86. The highest BCUT2D eigenvalue weighted by Crippen LogP contribution is 2.33. The Balaban J connectivity index is 2.08. The van der Waals surface area contributed by atoms with Gasteiger partial charge in [0.05, 0.1) is 0 Å². The molecule has 0 saturated carbocycles. The fraction of sp³-hybridized carbons (Fsp3) is 0.176. The fourth-order valence-electron chi connectivity index (χ4n) is 2.78. The average Bonchev–Trinajstić information content (AvgIpc) is 2.86. The Labute approximate surface area is 122 Å². The zero-order valence-corrected chi connectivity index (χ0v) is 11.6. The average molecular weight is 281 g/mol. The molecule has 0 radical (unpaired) electrons. The number of hydrogen-bond acceptors (Lipinski definition) is 2. The minimum atomic E-state index is -0.979. The SMILES string of the molecule is Cc1ccccc1C(=O)N1c2ccccc2CC1C(=O)O. The summed E-state index contributed by atoms with van der Waals surface area (Å²) in [6, 6.07) is 13.7. The number of para-hydroxylation sites is 1. The summed E-state index contributed by atoms with van der Waals surface area (Å²) in [6.07, 6.45) is 0.350. The largest absolute Gasteiger partial charge is 0.480 e. The second kappa shape index (κ2) is 5.05. The maximum atomic E-state index is 12.8. The first-order valence-corrected chi connectivity index (χ1v) is 6.79. The molecule has 0 aromatic heterocycles. The lowest BCUT2D eigenvalue weighted by molar-refractivity contribution is -0.138. The lowest BCUT2D eigenvalue weighted by atomic mass is 10.1. The van der Waals surface area contributed by atoms with Crippen molar-refractivity contribution in [1.82, 2.24) is 0 Å². The molecule has 0 saturated heterocycles. The van der Waals surface area contributed by atoms with Gasteiger partial charge in [-0.3, -0.25) is 9.69 Å². The van der Waals surface area contributed by atoms with Crippen LogP contribution in [0.5, 0.6) is 0 Å². The summed E-state index contributed by atoms with van der Waals surface area (Å²) in [4.78, 5) is 25.7. The van der Waals surface area contributed by atoms with Gasteiger partial charge in [-0.15, -0.1) is 0 Å². The number of nitrogens with zero attached hydrogens (tertiary/aromatic N) is 1. The number of carboxylic acids is 1. The number of amides is 1. The number of carbonyl (C=O) groups excluding carboxylic acids is 1. The highest BCUT2D eigenvalue weighted by Gasteiger charge is 2.38. The van der Waals surface area contributed by atoms with Crippen LogP contribution in [0.15, 0.2) is 48.5 Å². The summed E-state index contributed by atoms with van der Waals surface area (Å²) < 4.78 is 0. The molecule has 3 rings (SSSR count). The van der Waals surface area contributed by atoms with Crippen molar-refractivity contribution in [3.8, 4) is 0 Å². The van der Waals surface area contributed by atoms with Gasteiger partial charge in [0, 0.05) is 17.7 Å². The molecular weight excluding hydrogens is 266 g/mol.